The average Bonchev–Trinajstić information content (AvgIpc) is 2.41. The van der Waals surface area contributed by atoms with Crippen molar-refractivity contribution in [3.8, 4) is 0 Å². The van der Waals surface area contributed by atoms with E-state index in [4.69, 9.17) is 9.84 Å². The summed E-state index contributed by atoms with van der Waals surface area (Å²) in [6.45, 7) is 7.54. The van der Waals surface area contributed by atoms with Gasteiger partial charge >= 0.3 is 5.97 Å². The Labute approximate surface area is 114 Å². The van der Waals surface area contributed by atoms with Gasteiger partial charge in [0.15, 0.2) is 0 Å². The van der Waals surface area contributed by atoms with Crippen LogP contribution in [0.1, 0.15) is 34.8 Å². The molecule has 4 nitrogen and oxygen atoms in total. The Kier molecular flexibility index (Phi) is 4.56. The molecule has 1 aliphatic rings. The number of carboxylic acids is 1. The van der Waals surface area contributed by atoms with Crippen LogP contribution < -0.4 is 0 Å². The Balaban J connectivity index is 2.11. The van der Waals surface area contributed by atoms with Crippen molar-refractivity contribution in [2.45, 2.75) is 32.9 Å². The predicted octanol–water partition coefficient (Wildman–Crippen LogP) is 2.30. The van der Waals surface area contributed by atoms with Crippen molar-refractivity contribution in [1.82, 2.24) is 4.90 Å². The molecule has 0 aromatic heterocycles. The number of rotatable bonds is 4. The Morgan fingerprint density at radius 2 is 2.32 bits per heavy atom. The van der Waals surface area contributed by atoms with Crippen LogP contribution in [0, 0.1) is 6.92 Å². The van der Waals surface area contributed by atoms with E-state index in [9.17, 15) is 4.79 Å². The summed E-state index contributed by atoms with van der Waals surface area (Å²) in [5.74, 6) is -0.868. The maximum Gasteiger partial charge on any atom is 0.335 e. The third-order valence-electron chi connectivity index (χ3n) is 3.78. The fourth-order valence-electron chi connectivity index (χ4n) is 2.50. The van der Waals surface area contributed by atoms with Crippen LogP contribution in [0.25, 0.3) is 0 Å². The number of ether oxygens (including phenoxy) is 1. The number of carbonyl (C=O) groups is 1. The summed E-state index contributed by atoms with van der Waals surface area (Å²) >= 11 is 0. The van der Waals surface area contributed by atoms with Gasteiger partial charge in [-0.1, -0.05) is 13.0 Å². The molecular weight excluding hydrogens is 242 g/mol. The highest BCUT2D eigenvalue weighted by molar-refractivity contribution is 5.87. The molecule has 1 saturated heterocycles. The molecule has 1 N–H and O–H groups in total. The van der Waals surface area contributed by atoms with E-state index in [1.54, 1.807) is 12.1 Å². The fourth-order valence-corrected chi connectivity index (χ4v) is 2.50. The zero-order chi connectivity index (χ0) is 13.8. The third kappa shape index (κ3) is 3.33. The van der Waals surface area contributed by atoms with E-state index >= 15 is 0 Å². The largest absolute Gasteiger partial charge is 0.478 e. The van der Waals surface area contributed by atoms with E-state index in [1.807, 2.05) is 13.0 Å². The molecule has 1 fully saturated rings. The number of hydrogen-bond acceptors (Lipinski definition) is 3. The second-order valence-electron chi connectivity index (χ2n) is 5.05. The minimum Gasteiger partial charge on any atom is -0.478 e. The fraction of sp³-hybridized carbons (Fsp3) is 0.533. The highest BCUT2D eigenvalue weighted by atomic mass is 16.5. The van der Waals surface area contributed by atoms with Gasteiger partial charge in [0.05, 0.1) is 18.8 Å². The van der Waals surface area contributed by atoms with Gasteiger partial charge in [0.1, 0.15) is 0 Å². The Hall–Kier alpha value is -1.39. The standard InChI is InChI=1S/C15H21NO3/c1-3-14-10-19-7-6-16(14)9-13-5-4-12(15(17)18)8-11(13)2/h4-5,8,14H,3,6-7,9-10H2,1-2H3,(H,17,18). The summed E-state index contributed by atoms with van der Waals surface area (Å²) in [7, 11) is 0. The predicted molar refractivity (Wildman–Crippen MR) is 73.4 cm³/mol. The van der Waals surface area contributed by atoms with E-state index in [0.717, 1.165) is 38.3 Å². The lowest BCUT2D eigenvalue weighted by Crippen LogP contribution is -2.44. The molecule has 1 aromatic rings. The van der Waals surface area contributed by atoms with E-state index in [1.165, 1.54) is 5.56 Å². The van der Waals surface area contributed by atoms with E-state index in [-0.39, 0.29) is 0 Å². The molecule has 1 aliphatic heterocycles. The SMILES string of the molecule is CCC1COCCN1Cc1ccc(C(=O)O)cc1C. The van der Waals surface area contributed by atoms with Gasteiger partial charge in [-0.05, 0) is 36.6 Å². The highest BCUT2D eigenvalue weighted by Gasteiger charge is 2.21. The number of hydrogen-bond donors (Lipinski definition) is 1. The molecule has 0 radical (unpaired) electrons. The topological polar surface area (TPSA) is 49.8 Å². The minimum absolute atomic E-state index is 0.357. The van der Waals surface area contributed by atoms with Crippen molar-refractivity contribution in [2.24, 2.45) is 0 Å². The summed E-state index contributed by atoms with van der Waals surface area (Å²) in [6, 6.07) is 5.83. The number of aromatic carboxylic acids is 1. The van der Waals surface area contributed by atoms with Crippen LogP contribution in [-0.2, 0) is 11.3 Å². The number of carboxylic acid groups (broad SMARTS) is 1. The van der Waals surface area contributed by atoms with Gasteiger partial charge < -0.3 is 9.84 Å². The average molecular weight is 263 g/mol. The second-order valence-corrected chi connectivity index (χ2v) is 5.05. The Morgan fingerprint density at radius 1 is 1.53 bits per heavy atom. The van der Waals surface area contributed by atoms with Gasteiger partial charge in [-0.2, -0.15) is 0 Å². The van der Waals surface area contributed by atoms with Crippen LogP contribution in [0.4, 0.5) is 0 Å². The van der Waals surface area contributed by atoms with Crippen molar-refractivity contribution in [2.75, 3.05) is 19.8 Å². The smallest absolute Gasteiger partial charge is 0.335 e. The van der Waals surface area contributed by atoms with Gasteiger partial charge in [-0.25, -0.2) is 4.79 Å². The zero-order valence-corrected chi connectivity index (χ0v) is 11.6. The molecule has 19 heavy (non-hydrogen) atoms. The molecule has 1 atom stereocenters. The van der Waals surface area contributed by atoms with Gasteiger partial charge in [0.2, 0.25) is 0 Å². The second kappa shape index (κ2) is 6.17. The third-order valence-corrected chi connectivity index (χ3v) is 3.78. The van der Waals surface area contributed by atoms with Crippen molar-refractivity contribution in [3.05, 3.63) is 34.9 Å². The Bertz CT molecular complexity index is 459. The van der Waals surface area contributed by atoms with Crippen molar-refractivity contribution < 1.29 is 14.6 Å². The van der Waals surface area contributed by atoms with Crippen LogP contribution in [-0.4, -0.2) is 41.8 Å². The minimum atomic E-state index is -0.868. The molecule has 0 bridgehead atoms. The van der Waals surface area contributed by atoms with Crippen LogP contribution >= 0.6 is 0 Å². The van der Waals surface area contributed by atoms with E-state index in [2.05, 4.69) is 11.8 Å². The summed E-state index contributed by atoms with van der Waals surface area (Å²) < 4.78 is 5.50. The normalized spacial score (nSPS) is 20.4. The molecule has 0 spiro atoms. The quantitative estimate of drug-likeness (QED) is 0.905. The molecule has 1 heterocycles. The number of aryl methyl sites for hydroxylation is 1. The molecular formula is C15H21NO3. The maximum atomic E-state index is 10.9. The first kappa shape index (κ1) is 14.0. The van der Waals surface area contributed by atoms with Crippen molar-refractivity contribution in [3.63, 3.8) is 0 Å². The molecule has 1 unspecified atom stereocenters. The summed E-state index contributed by atoms with van der Waals surface area (Å²) in [5.41, 5.74) is 2.60. The van der Waals surface area contributed by atoms with E-state index < -0.39 is 5.97 Å². The lowest BCUT2D eigenvalue weighted by atomic mass is 10.0. The number of nitrogens with zero attached hydrogens (tertiary/aromatic N) is 1. The summed E-state index contributed by atoms with van der Waals surface area (Å²) in [4.78, 5) is 13.3. The van der Waals surface area contributed by atoms with Crippen LogP contribution in [0.3, 0.4) is 0 Å². The molecule has 0 saturated carbocycles. The molecule has 0 aliphatic carbocycles. The first-order valence-electron chi connectivity index (χ1n) is 6.76. The molecule has 104 valence electrons. The first-order valence-corrected chi connectivity index (χ1v) is 6.76. The lowest BCUT2D eigenvalue weighted by Gasteiger charge is -2.35. The zero-order valence-electron chi connectivity index (χ0n) is 11.6. The van der Waals surface area contributed by atoms with Gasteiger partial charge in [0.25, 0.3) is 0 Å². The van der Waals surface area contributed by atoms with Crippen molar-refractivity contribution in [1.29, 1.82) is 0 Å². The highest BCUT2D eigenvalue weighted by Crippen LogP contribution is 2.18. The molecule has 1 aromatic carbocycles. The van der Waals surface area contributed by atoms with Gasteiger partial charge in [-0.15, -0.1) is 0 Å². The number of morpholine rings is 1. The summed E-state index contributed by atoms with van der Waals surface area (Å²) in [5, 5.41) is 8.97. The Morgan fingerprint density at radius 3 is 2.95 bits per heavy atom. The number of benzene rings is 1. The van der Waals surface area contributed by atoms with Gasteiger partial charge in [-0.3, -0.25) is 4.90 Å². The van der Waals surface area contributed by atoms with Crippen LogP contribution in [0.15, 0.2) is 18.2 Å². The molecule has 2 rings (SSSR count). The first-order chi connectivity index (χ1) is 9.11. The van der Waals surface area contributed by atoms with Gasteiger partial charge in [0, 0.05) is 19.1 Å². The molecule has 4 heteroatoms. The summed E-state index contributed by atoms with van der Waals surface area (Å²) in [6.07, 6.45) is 1.08. The molecule has 0 amide bonds. The lowest BCUT2D eigenvalue weighted by molar-refractivity contribution is -0.0128. The van der Waals surface area contributed by atoms with Crippen LogP contribution in [0.2, 0.25) is 0 Å². The maximum absolute atomic E-state index is 10.9. The van der Waals surface area contributed by atoms with Crippen molar-refractivity contribution >= 4 is 5.97 Å². The van der Waals surface area contributed by atoms with E-state index in [0.29, 0.717) is 11.6 Å². The monoisotopic (exact) mass is 263 g/mol. The van der Waals surface area contributed by atoms with Crippen LogP contribution in [0.5, 0.6) is 0 Å².